The number of hydrogen-bond donors (Lipinski definition) is 1. The number of hydrogen-bond acceptors (Lipinski definition) is 3. The van der Waals surface area contributed by atoms with E-state index in [9.17, 15) is 9.18 Å². The lowest BCUT2D eigenvalue weighted by molar-refractivity contribution is -0.0208. The van der Waals surface area contributed by atoms with Gasteiger partial charge in [0.05, 0.1) is 12.7 Å². The summed E-state index contributed by atoms with van der Waals surface area (Å²) in [5.74, 6) is -0.756. The Balaban J connectivity index is 1.73. The zero-order valence-electron chi connectivity index (χ0n) is 13.0. The molecule has 1 atom stereocenters. The van der Waals surface area contributed by atoms with Crippen molar-refractivity contribution >= 4 is 11.6 Å². The van der Waals surface area contributed by atoms with Crippen molar-refractivity contribution in [3.05, 3.63) is 65.5 Å². The van der Waals surface area contributed by atoms with Crippen molar-refractivity contribution in [1.29, 1.82) is 0 Å². The molecule has 1 aliphatic rings. The first-order valence-electron chi connectivity index (χ1n) is 7.59. The zero-order chi connectivity index (χ0) is 16.2. The van der Waals surface area contributed by atoms with Crippen LogP contribution in [-0.2, 0) is 4.74 Å². The molecular weight excluding hydrogens is 295 g/mol. The van der Waals surface area contributed by atoms with Gasteiger partial charge in [-0.25, -0.2) is 4.39 Å². The van der Waals surface area contributed by atoms with Gasteiger partial charge >= 0.3 is 0 Å². The number of carbonyl (C=O) groups is 1. The van der Waals surface area contributed by atoms with E-state index < -0.39 is 5.82 Å². The van der Waals surface area contributed by atoms with E-state index in [4.69, 9.17) is 4.74 Å². The third-order valence-electron chi connectivity index (χ3n) is 3.87. The quantitative estimate of drug-likeness (QED) is 0.946. The van der Waals surface area contributed by atoms with Crippen LogP contribution in [-0.4, -0.2) is 37.6 Å². The third-order valence-corrected chi connectivity index (χ3v) is 3.87. The molecule has 23 heavy (non-hydrogen) atoms. The average Bonchev–Trinajstić information content (AvgIpc) is 2.55. The molecule has 2 aromatic rings. The maximum absolute atomic E-state index is 13.2. The number of carbonyl (C=O) groups excluding carboxylic acids is 1. The molecule has 3 rings (SSSR count). The molecule has 1 heterocycles. The number of halogens is 1. The van der Waals surface area contributed by atoms with Gasteiger partial charge in [-0.15, -0.1) is 0 Å². The number of amides is 1. The number of rotatable bonds is 3. The molecule has 0 aromatic heterocycles. The first-order valence-corrected chi connectivity index (χ1v) is 7.59. The Morgan fingerprint density at radius 1 is 1.26 bits per heavy atom. The molecule has 0 bridgehead atoms. The van der Waals surface area contributed by atoms with E-state index in [1.165, 1.54) is 18.2 Å². The van der Waals surface area contributed by atoms with Gasteiger partial charge in [0.1, 0.15) is 5.82 Å². The minimum absolute atomic E-state index is 0.000211. The minimum Gasteiger partial charge on any atom is -0.371 e. The first kappa shape index (κ1) is 15.6. The monoisotopic (exact) mass is 314 g/mol. The molecule has 0 aliphatic carbocycles. The van der Waals surface area contributed by atoms with Crippen molar-refractivity contribution in [3.8, 4) is 0 Å². The highest BCUT2D eigenvalue weighted by atomic mass is 19.1. The Kier molecular flexibility index (Phi) is 4.69. The minimum atomic E-state index is -0.426. The van der Waals surface area contributed by atoms with Gasteiger partial charge in [0.2, 0.25) is 0 Å². The summed E-state index contributed by atoms with van der Waals surface area (Å²) in [6.07, 6.45) is -0.000211. The topological polar surface area (TPSA) is 41.6 Å². The maximum atomic E-state index is 13.2. The maximum Gasteiger partial charge on any atom is 0.255 e. The summed E-state index contributed by atoms with van der Waals surface area (Å²) in [5, 5.41) is 2.80. The number of nitrogens with zero attached hydrogens (tertiary/aromatic N) is 1. The van der Waals surface area contributed by atoms with Gasteiger partial charge in [-0.2, -0.15) is 0 Å². The smallest absolute Gasteiger partial charge is 0.255 e. The highest BCUT2D eigenvalue weighted by molar-refractivity contribution is 6.04. The van der Waals surface area contributed by atoms with Gasteiger partial charge in [0.25, 0.3) is 5.91 Å². The van der Waals surface area contributed by atoms with Crippen molar-refractivity contribution in [2.24, 2.45) is 0 Å². The molecule has 1 amide bonds. The number of anilines is 1. The summed E-state index contributed by atoms with van der Waals surface area (Å²) < 4.78 is 19.0. The molecule has 1 unspecified atom stereocenters. The molecule has 0 saturated carbocycles. The lowest BCUT2D eigenvalue weighted by Gasteiger charge is -2.30. The van der Waals surface area contributed by atoms with Crippen LogP contribution in [0.4, 0.5) is 10.1 Å². The standard InChI is InChI=1S/C18H19FN2O2/c1-21-8-9-23-17(12-21)13-4-3-7-16(11-13)20-18(22)14-5-2-6-15(19)10-14/h2-7,10-11,17H,8-9,12H2,1H3,(H,20,22). The summed E-state index contributed by atoms with van der Waals surface area (Å²) >= 11 is 0. The van der Waals surface area contributed by atoms with E-state index in [1.54, 1.807) is 6.07 Å². The number of morpholine rings is 1. The van der Waals surface area contributed by atoms with Gasteiger partial charge in [-0.1, -0.05) is 18.2 Å². The molecular formula is C18H19FN2O2. The van der Waals surface area contributed by atoms with Crippen molar-refractivity contribution in [3.63, 3.8) is 0 Å². The van der Waals surface area contributed by atoms with Crippen LogP contribution in [0.15, 0.2) is 48.5 Å². The molecule has 5 heteroatoms. The molecule has 0 spiro atoms. The molecule has 1 fully saturated rings. The highest BCUT2D eigenvalue weighted by Crippen LogP contribution is 2.24. The van der Waals surface area contributed by atoms with Crippen molar-refractivity contribution in [2.45, 2.75) is 6.10 Å². The Labute approximate surface area is 134 Å². The Morgan fingerprint density at radius 2 is 2.09 bits per heavy atom. The van der Waals surface area contributed by atoms with Crippen LogP contribution in [0.25, 0.3) is 0 Å². The Bertz CT molecular complexity index is 705. The Hall–Kier alpha value is -2.24. The fourth-order valence-corrected chi connectivity index (χ4v) is 2.63. The van der Waals surface area contributed by atoms with Crippen LogP contribution in [0.2, 0.25) is 0 Å². The predicted octanol–water partition coefficient (Wildman–Crippen LogP) is 3.08. The van der Waals surface area contributed by atoms with Crippen LogP contribution in [0.3, 0.4) is 0 Å². The number of likely N-dealkylation sites (N-methyl/N-ethyl adjacent to an activating group) is 1. The van der Waals surface area contributed by atoms with E-state index in [0.717, 1.165) is 18.7 Å². The first-order chi connectivity index (χ1) is 11.1. The van der Waals surface area contributed by atoms with E-state index in [-0.39, 0.29) is 12.0 Å². The van der Waals surface area contributed by atoms with Gasteiger partial charge < -0.3 is 15.0 Å². The van der Waals surface area contributed by atoms with E-state index in [1.807, 2.05) is 24.3 Å². The van der Waals surface area contributed by atoms with Crippen molar-refractivity contribution in [2.75, 3.05) is 32.1 Å². The SMILES string of the molecule is CN1CCOC(c2cccc(NC(=O)c3cccc(F)c3)c2)C1. The van der Waals surface area contributed by atoms with Crippen LogP contribution in [0.1, 0.15) is 22.0 Å². The van der Waals surface area contributed by atoms with E-state index in [0.29, 0.717) is 17.9 Å². The van der Waals surface area contributed by atoms with Crippen molar-refractivity contribution in [1.82, 2.24) is 4.90 Å². The molecule has 0 radical (unpaired) electrons. The third kappa shape index (κ3) is 3.94. The van der Waals surface area contributed by atoms with E-state index in [2.05, 4.69) is 17.3 Å². The zero-order valence-corrected chi connectivity index (χ0v) is 13.0. The summed E-state index contributed by atoms with van der Waals surface area (Å²) in [6, 6.07) is 13.2. The molecule has 4 nitrogen and oxygen atoms in total. The second-order valence-corrected chi connectivity index (χ2v) is 5.71. The second kappa shape index (κ2) is 6.89. The normalized spacial score (nSPS) is 18.6. The van der Waals surface area contributed by atoms with Gasteiger partial charge in [-0.3, -0.25) is 4.79 Å². The molecule has 120 valence electrons. The lowest BCUT2D eigenvalue weighted by atomic mass is 10.1. The van der Waals surface area contributed by atoms with Gasteiger partial charge in [0.15, 0.2) is 0 Å². The van der Waals surface area contributed by atoms with E-state index >= 15 is 0 Å². The summed E-state index contributed by atoms with van der Waals surface area (Å²) in [4.78, 5) is 14.4. The fraction of sp³-hybridized carbons (Fsp3) is 0.278. The van der Waals surface area contributed by atoms with Crippen LogP contribution >= 0.6 is 0 Å². The Morgan fingerprint density at radius 3 is 2.87 bits per heavy atom. The molecule has 1 aliphatic heterocycles. The number of nitrogens with one attached hydrogen (secondary N) is 1. The van der Waals surface area contributed by atoms with Gasteiger partial charge in [0, 0.05) is 24.3 Å². The highest BCUT2D eigenvalue weighted by Gasteiger charge is 2.19. The molecule has 1 saturated heterocycles. The summed E-state index contributed by atoms with van der Waals surface area (Å²) in [5.41, 5.74) is 1.99. The summed E-state index contributed by atoms with van der Waals surface area (Å²) in [7, 11) is 2.06. The van der Waals surface area contributed by atoms with Crippen LogP contribution in [0, 0.1) is 5.82 Å². The number of ether oxygens (including phenoxy) is 1. The lowest BCUT2D eigenvalue weighted by Crippen LogP contribution is -2.35. The molecule has 1 N–H and O–H groups in total. The molecule has 2 aromatic carbocycles. The average molecular weight is 314 g/mol. The largest absolute Gasteiger partial charge is 0.371 e. The summed E-state index contributed by atoms with van der Waals surface area (Å²) in [6.45, 7) is 2.44. The van der Waals surface area contributed by atoms with Crippen LogP contribution < -0.4 is 5.32 Å². The van der Waals surface area contributed by atoms with Crippen molar-refractivity contribution < 1.29 is 13.9 Å². The van der Waals surface area contributed by atoms with Gasteiger partial charge in [-0.05, 0) is 42.9 Å². The predicted molar refractivity (Wildman–Crippen MR) is 87.0 cm³/mol. The second-order valence-electron chi connectivity index (χ2n) is 5.71. The number of benzene rings is 2. The fourth-order valence-electron chi connectivity index (χ4n) is 2.63. The van der Waals surface area contributed by atoms with Crippen LogP contribution in [0.5, 0.6) is 0 Å².